The highest BCUT2D eigenvalue weighted by molar-refractivity contribution is 7.90. The lowest BCUT2D eigenvalue weighted by atomic mass is 10.0. The molecule has 0 saturated carbocycles. The Morgan fingerprint density at radius 3 is 2.92 bits per heavy atom. The fourth-order valence-electron chi connectivity index (χ4n) is 3.39. The van der Waals surface area contributed by atoms with E-state index in [1.54, 1.807) is 34.0 Å². The average molecular weight is 373 g/mol. The second-order valence-corrected chi connectivity index (χ2v) is 7.88. The van der Waals surface area contributed by atoms with E-state index >= 15 is 0 Å². The minimum Gasteiger partial charge on any atom is -0.295 e. The van der Waals surface area contributed by atoms with Gasteiger partial charge in [0.1, 0.15) is 17.7 Å². The molecular weight excluding hydrogens is 354 g/mol. The van der Waals surface area contributed by atoms with Gasteiger partial charge in [-0.05, 0) is 31.9 Å². The number of hydrogen-bond acceptors (Lipinski definition) is 5. The molecule has 9 heteroatoms. The zero-order valence-corrected chi connectivity index (χ0v) is 15.1. The van der Waals surface area contributed by atoms with Gasteiger partial charge in [-0.1, -0.05) is 12.1 Å². The van der Waals surface area contributed by atoms with E-state index in [4.69, 9.17) is 0 Å². The van der Waals surface area contributed by atoms with Crippen LogP contribution in [0.3, 0.4) is 0 Å². The number of aryl methyl sites for hydroxylation is 1. The molecular formula is C17H19N5O3S. The number of benzene rings is 1. The first kappa shape index (κ1) is 16.8. The summed E-state index contributed by atoms with van der Waals surface area (Å²) in [5.41, 5.74) is 0.510. The smallest absolute Gasteiger partial charge is 0.263 e. The molecule has 1 amide bonds. The summed E-state index contributed by atoms with van der Waals surface area (Å²) < 4.78 is 28.7. The third-order valence-corrected chi connectivity index (χ3v) is 6.03. The molecule has 1 saturated heterocycles. The number of sulfonamides is 1. The molecule has 0 aliphatic carbocycles. The van der Waals surface area contributed by atoms with Crippen molar-refractivity contribution >= 4 is 27.6 Å². The monoisotopic (exact) mass is 373 g/mol. The van der Waals surface area contributed by atoms with Gasteiger partial charge in [0.15, 0.2) is 0 Å². The lowest BCUT2D eigenvalue weighted by molar-refractivity contribution is -0.120. The van der Waals surface area contributed by atoms with Gasteiger partial charge in [0.25, 0.3) is 15.9 Å². The van der Waals surface area contributed by atoms with E-state index in [0.29, 0.717) is 25.1 Å². The molecule has 1 unspecified atom stereocenters. The van der Waals surface area contributed by atoms with Gasteiger partial charge in [-0.15, -0.1) is 0 Å². The Bertz CT molecular complexity index is 995. The van der Waals surface area contributed by atoms with Crippen molar-refractivity contribution in [1.29, 1.82) is 0 Å². The van der Waals surface area contributed by atoms with Crippen LogP contribution in [0.1, 0.15) is 25.3 Å². The van der Waals surface area contributed by atoms with Crippen molar-refractivity contribution in [1.82, 2.24) is 14.5 Å². The predicted octanol–water partition coefficient (Wildman–Crippen LogP) is 1.14. The molecule has 1 N–H and O–H groups in total. The summed E-state index contributed by atoms with van der Waals surface area (Å²) in [6.07, 6.45) is 3.04. The molecule has 1 aromatic heterocycles. The largest absolute Gasteiger partial charge is 0.295 e. The van der Waals surface area contributed by atoms with Crippen LogP contribution in [0.5, 0.6) is 0 Å². The van der Waals surface area contributed by atoms with Crippen LogP contribution in [0, 0.1) is 0 Å². The molecule has 8 nitrogen and oxygen atoms in total. The summed E-state index contributed by atoms with van der Waals surface area (Å²) in [5.74, 6) is 0.849. The number of aliphatic imine (C=N–C) groups is 1. The molecule has 2 aliphatic rings. The van der Waals surface area contributed by atoms with Crippen molar-refractivity contribution in [3.05, 3.63) is 42.1 Å². The number of nitrogens with zero attached hydrogens (tertiary/aromatic N) is 4. The Balaban J connectivity index is 1.67. The van der Waals surface area contributed by atoms with Gasteiger partial charge in [-0.2, -0.15) is 5.10 Å². The van der Waals surface area contributed by atoms with Gasteiger partial charge < -0.3 is 0 Å². The number of anilines is 1. The molecule has 3 heterocycles. The Hall–Kier alpha value is -2.68. The number of piperidine rings is 1. The number of nitrogens with one attached hydrogen (secondary N) is 1. The molecule has 4 rings (SSSR count). The second-order valence-electron chi connectivity index (χ2n) is 6.23. The molecule has 0 radical (unpaired) electrons. The zero-order valence-electron chi connectivity index (χ0n) is 14.3. The summed E-state index contributed by atoms with van der Waals surface area (Å²) in [6, 6.07) is 7.85. The lowest BCUT2D eigenvalue weighted by Gasteiger charge is -2.30. The third-order valence-electron chi connectivity index (χ3n) is 4.63. The van der Waals surface area contributed by atoms with Crippen molar-refractivity contribution in [2.45, 2.75) is 37.2 Å². The van der Waals surface area contributed by atoms with Crippen LogP contribution < -0.4 is 9.62 Å². The number of hydrogen-bond donors (Lipinski definition) is 1. The maximum absolute atomic E-state index is 13.0. The van der Waals surface area contributed by atoms with Crippen molar-refractivity contribution in [3.63, 3.8) is 0 Å². The van der Waals surface area contributed by atoms with Crippen LogP contribution in [0.25, 0.3) is 0 Å². The highest BCUT2D eigenvalue weighted by atomic mass is 32.2. The quantitative estimate of drug-likeness (QED) is 0.872. The first-order chi connectivity index (χ1) is 12.5. The van der Waals surface area contributed by atoms with Crippen LogP contribution in [-0.2, 0) is 21.4 Å². The molecule has 1 aromatic carbocycles. The topological polar surface area (TPSA) is 96.7 Å². The maximum atomic E-state index is 13.0. The summed E-state index contributed by atoms with van der Waals surface area (Å²) in [7, 11) is -3.61. The zero-order chi connectivity index (χ0) is 18.3. The van der Waals surface area contributed by atoms with Crippen LogP contribution in [0.15, 0.2) is 46.4 Å². The molecule has 2 aliphatic heterocycles. The fourth-order valence-corrected chi connectivity index (χ4v) is 4.63. The van der Waals surface area contributed by atoms with E-state index in [1.165, 1.54) is 6.07 Å². The van der Waals surface area contributed by atoms with Crippen LogP contribution in [-0.4, -0.2) is 42.5 Å². The first-order valence-corrected chi connectivity index (χ1v) is 10.0. The Labute approximate surface area is 151 Å². The number of fused-ring (bicyclic) bond motifs is 1. The van der Waals surface area contributed by atoms with E-state index < -0.39 is 16.1 Å². The third kappa shape index (κ3) is 2.68. The van der Waals surface area contributed by atoms with Gasteiger partial charge in [0.2, 0.25) is 0 Å². The standard InChI is InChI=1S/C17H19N5O3S/c1-2-22-15(9-10-18-22)21-11-5-7-13(17(21)23)19-16-12-6-3-4-8-14(12)26(24,25)20-16/h3-4,6,8-10,13H,2,5,7,11H2,1H3,(H,19,20). The van der Waals surface area contributed by atoms with Crippen molar-refractivity contribution in [3.8, 4) is 0 Å². The number of rotatable bonds is 3. The molecule has 1 fully saturated rings. The number of carbonyl (C=O) groups excluding carboxylic acids is 1. The molecule has 26 heavy (non-hydrogen) atoms. The maximum Gasteiger partial charge on any atom is 0.263 e. The number of aromatic nitrogens is 2. The summed E-state index contributed by atoms with van der Waals surface area (Å²) in [4.78, 5) is 19.3. The number of amidine groups is 1. The Morgan fingerprint density at radius 2 is 2.12 bits per heavy atom. The number of amides is 1. The minimum atomic E-state index is -3.61. The van der Waals surface area contributed by atoms with Crippen molar-refractivity contribution in [2.24, 2.45) is 4.99 Å². The Kier molecular flexibility index (Phi) is 4.03. The number of carbonyl (C=O) groups is 1. The second kappa shape index (κ2) is 6.24. The lowest BCUT2D eigenvalue weighted by Crippen LogP contribution is -2.45. The highest BCUT2D eigenvalue weighted by Gasteiger charge is 2.35. The average Bonchev–Trinajstić information content (AvgIpc) is 3.20. The molecule has 0 spiro atoms. The molecule has 0 bridgehead atoms. The molecule has 2 aromatic rings. The molecule has 1 atom stereocenters. The van der Waals surface area contributed by atoms with E-state index in [9.17, 15) is 13.2 Å². The highest BCUT2D eigenvalue weighted by Crippen LogP contribution is 2.26. The minimum absolute atomic E-state index is 0.137. The van der Waals surface area contributed by atoms with Crippen molar-refractivity contribution in [2.75, 3.05) is 11.4 Å². The van der Waals surface area contributed by atoms with Crippen LogP contribution in [0.2, 0.25) is 0 Å². The van der Waals surface area contributed by atoms with E-state index in [1.807, 2.05) is 13.0 Å². The molecule has 136 valence electrons. The van der Waals surface area contributed by atoms with Gasteiger partial charge in [-0.25, -0.2) is 13.1 Å². The fraction of sp³-hybridized carbons (Fsp3) is 0.353. The first-order valence-electron chi connectivity index (χ1n) is 8.54. The summed E-state index contributed by atoms with van der Waals surface area (Å²) >= 11 is 0. The van der Waals surface area contributed by atoms with Gasteiger partial charge in [-0.3, -0.25) is 19.4 Å². The van der Waals surface area contributed by atoms with Gasteiger partial charge in [0.05, 0.1) is 11.1 Å². The Morgan fingerprint density at radius 1 is 1.31 bits per heavy atom. The van der Waals surface area contributed by atoms with Gasteiger partial charge >= 0.3 is 0 Å². The van der Waals surface area contributed by atoms with Gasteiger partial charge in [0, 0.05) is 24.7 Å². The van der Waals surface area contributed by atoms with E-state index in [0.717, 1.165) is 12.2 Å². The summed E-state index contributed by atoms with van der Waals surface area (Å²) in [6.45, 7) is 3.24. The normalized spacial score (nSPS) is 23.1. The van der Waals surface area contributed by atoms with E-state index in [2.05, 4.69) is 14.8 Å². The van der Waals surface area contributed by atoms with E-state index in [-0.39, 0.29) is 16.6 Å². The van der Waals surface area contributed by atoms with Crippen LogP contribution in [0.4, 0.5) is 5.82 Å². The van der Waals surface area contributed by atoms with Crippen LogP contribution >= 0.6 is 0 Å². The SMILES string of the molecule is CCn1nccc1N1CCCC(N=C2NS(=O)(=O)c3ccccc32)C1=O. The predicted molar refractivity (Wildman–Crippen MR) is 96.6 cm³/mol. The summed E-state index contributed by atoms with van der Waals surface area (Å²) in [5, 5.41) is 4.22. The van der Waals surface area contributed by atoms with Crippen molar-refractivity contribution < 1.29 is 13.2 Å².